The summed E-state index contributed by atoms with van der Waals surface area (Å²) in [5.41, 5.74) is 1.36. The lowest BCUT2D eigenvalue weighted by atomic mass is 10.1. The fraction of sp³-hybridized carbons (Fsp3) is 0.353. The molecule has 1 N–H and O–H groups in total. The van der Waals surface area contributed by atoms with Crippen LogP contribution < -0.4 is 10.2 Å². The summed E-state index contributed by atoms with van der Waals surface area (Å²) < 4.78 is 0. The van der Waals surface area contributed by atoms with Gasteiger partial charge in [-0.1, -0.05) is 0 Å². The number of anilines is 2. The molecule has 3 rings (SSSR count). The normalized spacial score (nSPS) is 15.3. The van der Waals surface area contributed by atoms with E-state index in [1.54, 1.807) is 35.6 Å². The molecule has 0 bridgehead atoms. The number of ketones is 1. The second-order valence-corrected chi connectivity index (χ2v) is 6.63. The molecule has 0 aliphatic carbocycles. The molecule has 0 atom stereocenters. The van der Waals surface area contributed by atoms with Gasteiger partial charge in [-0.3, -0.25) is 14.5 Å². The van der Waals surface area contributed by atoms with E-state index in [9.17, 15) is 9.59 Å². The molecule has 2 aromatic rings. The molecule has 126 valence electrons. The molecule has 1 aromatic heterocycles. The Kier molecular flexibility index (Phi) is 5.22. The molecule has 1 saturated heterocycles. The summed E-state index contributed by atoms with van der Waals surface area (Å²) in [5, 5.41) is 5.90. The van der Waals surface area contributed by atoms with E-state index < -0.39 is 0 Å². The molecule has 7 heteroatoms. The summed E-state index contributed by atoms with van der Waals surface area (Å²) in [7, 11) is 0. The van der Waals surface area contributed by atoms with Gasteiger partial charge in [0.1, 0.15) is 0 Å². The third-order valence-corrected chi connectivity index (χ3v) is 4.84. The summed E-state index contributed by atoms with van der Waals surface area (Å²) in [6, 6.07) is 6.97. The van der Waals surface area contributed by atoms with Gasteiger partial charge in [-0.2, -0.15) is 0 Å². The summed E-state index contributed by atoms with van der Waals surface area (Å²) >= 11 is 1.64. The lowest BCUT2D eigenvalue weighted by Gasteiger charge is -2.34. The molecule has 0 saturated carbocycles. The molecule has 2 heterocycles. The Bertz CT molecular complexity index is 692. The first-order valence-corrected chi connectivity index (χ1v) is 8.77. The molecular formula is C17H20N4O2S. The van der Waals surface area contributed by atoms with Crippen molar-refractivity contribution in [1.29, 1.82) is 0 Å². The molecule has 0 radical (unpaired) electrons. The second-order valence-electron chi connectivity index (χ2n) is 5.76. The average Bonchev–Trinajstić information content (AvgIpc) is 3.10. The minimum absolute atomic E-state index is 0.0194. The number of benzene rings is 1. The van der Waals surface area contributed by atoms with Gasteiger partial charge in [0.25, 0.3) is 0 Å². The average molecular weight is 344 g/mol. The minimum Gasteiger partial charge on any atom is -0.346 e. The highest BCUT2D eigenvalue weighted by Crippen LogP contribution is 2.18. The summed E-state index contributed by atoms with van der Waals surface area (Å²) in [4.78, 5) is 32.1. The first-order chi connectivity index (χ1) is 11.6. The zero-order valence-corrected chi connectivity index (χ0v) is 14.4. The number of carbonyl (C=O) groups excluding carboxylic acids is 2. The van der Waals surface area contributed by atoms with Gasteiger partial charge in [-0.05, 0) is 31.2 Å². The molecule has 1 amide bonds. The van der Waals surface area contributed by atoms with E-state index >= 15 is 0 Å². The van der Waals surface area contributed by atoms with Crippen molar-refractivity contribution in [2.24, 2.45) is 0 Å². The van der Waals surface area contributed by atoms with E-state index in [1.165, 1.54) is 6.92 Å². The number of hydrogen-bond donors (Lipinski definition) is 1. The van der Waals surface area contributed by atoms with Crippen LogP contribution in [0.25, 0.3) is 0 Å². The highest BCUT2D eigenvalue weighted by Gasteiger charge is 2.20. The minimum atomic E-state index is -0.0340. The third kappa shape index (κ3) is 4.18. The number of nitrogens with one attached hydrogen (secondary N) is 1. The van der Waals surface area contributed by atoms with Gasteiger partial charge in [0.05, 0.1) is 6.54 Å². The van der Waals surface area contributed by atoms with Crippen LogP contribution in [0.5, 0.6) is 0 Å². The maximum atomic E-state index is 12.2. The van der Waals surface area contributed by atoms with Crippen molar-refractivity contribution in [3.63, 3.8) is 0 Å². The van der Waals surface area contributed by atoms with Crippen molar-refractivity contribution in [2.75, 3.05) is 42.9 Å². The topological polar surface area (TPSA) is 65.5 Å². The number of carbonyl (C=O) groups is 2. The maximum Gasteiger partial charge on any atom is 0.238 e. The van der Waals surface area contributed by atoms with Gasteiger partial charge < -0.3 is 10.2 Å². The van der Waals surface area contributed by atoms with E-state index in [1.807, 2.05) is 11.6 Å². The van der Waals surface area contributed by atoms with Crippen LogP contribution in [0.15, 0.2) is 35.8 Å². The lowest BCUT2D eigenvalue weighted by Crippen LogP contribution is -2.48. The predicted molar refractivity (Wildman–Crippen MR) is 95.8 cm³/mol. The molecular weight excluding hydrogens is 324 g/mol. The zero-order valence-electron chi connectivity index (χ0n) is 13.6. The van der Waals surface area contributed by atoms with Crippen LogP contribution in [0.2, 0.25) is 0 Å². The van der Waals surface area contributed by atoms with Gasteiger partial charge in [0.2, 0.25) is 5.91 Å². The van der Waals surface area contributed by atoms with Crippen LogP contribution in [0.4, 0.5) is 10.8 Å². The molecule has 24 heavy (non-hydrogen) atoms. The Labute approximate surface area is 145 Å². The van der Waals surface area contributed by atoms with Crippen molar-refractivity contribution in [2.45, 2.75) is 6.92 Å². The summed E-state index contributed by atoms with van der Waals surface area (Å²) in [5.74, 6) is -0.0146. The van der Waals surface area contributed by atoms with Crippen LogP contribution in [0, 0.1) is 0 Å². The first-order valence-electron chi connectivity index (χ1n) is 7.89. The zero-order chi connectivity index (χ0) is 16.9. The van der Waals surface area contributed by atoms with E-state index in [4.69, 9.17) is 0 Å². The first kappa shape index (κ1) is 16.6. The summed E-state index contributed by atoms with van der Waals surface area (Å²) in [6.07, 6.45) is 1.82. The molecule has 0 spiro atoms. The number of amides is 1. The maximum absolute atomic E-state index is 12.2. The number of nitrogens with zero attached hydrogens (tertiary/aromatic N) is 3. The Morgan fingerprint density at radius 2 is 1.88 bits per heavy atom. The van der Waals surface area contributed by atoms with E-state index in [0.717, 1.165) is 31.3 Å². The number of thiazole rings is 1. The fourth-order valence-corrected chi connectivity index (χ4v) is 3.36. The monoisotopic (exact) mass is 344 g/mol. The highest BCUT2D eigenvalue weighted by molar-refractivity contribution is 7.13. The van der Waals surface area contributed by atoms with E-state index in [-0.39, 0.29) is 11.7 Å². The van der Waals surface area contributed by atoms with Gasteiger partial charge in [-0.15, -0.1) is 11.3 Å². The standard InChI is InChI=1S/C17H20N4O2S/c1-13(22)14-2-4-15(5-3-14)19-16(23)12-20-7-9-21(10-8-20)17-18-6-11-24-17/h2-6,11H,7-10,12H2,1H3,(H,19,23). The molecule has 1 fully saturated rings. The van der Waals surface area contributed by atoms with Crippen molar-refractivity contribution in [1.82, 2.24) is 9.88 Å². The SMILES string of the molecule is CC(=O)c1ccc(NC(=O)CN2CCN(c3nccs3)CC2)cc1. The van der Waals surface area contributed by atoms with Crippen LogP contribution in [0.1, 0.15) is 17.3 Å². The number of hydrogen-bond acceptors (Lipinski definition) is 6. The van der Waals surface area contributed by atoms with E-state index in [0.29, 0.717) is 17.8 Å². The Morgan fingerprint density at radius 1 is 1.17 bits per heavy atom. The van der Waals surface area contributed by atoms with Crippen LogP contribution >= 0.6 is 11.3 Å². The Hall–Kier alpha value is -2.25. The van der Waals surface area contributed by atoms with E-state index in [2.05, 4.69) is 20.1 Å². The largest absolute Gasteiger partial charge is 0.346 e. The van der Waals surface area contributed by atoms with Crippen molar-refractivity contribution < 1.29 is 9.59 Å². The van der Waals surface area contributed by atoms with Crippen LogP contribution in [-0.4, -0.2) is 54.3 Å². The van der Waals surface area contributed by atoms with Crippen LogP contribution in [-0.2, 0) is 4.79 Å². The number of aromatic nitrogens is 1. The quantitative estimate of drug-likeness (QED) is 0.842. The molecule has 0 unspecified atom stereocenters. The molecule has 6 nitrogen and oxygen atoms in total. The van der Waals surface area contributed by atoms with Gasteiger partial charge >= 0.3 is 0 Å². The predicted octanol–water partition coefficient (Wildman–Crippen LogP) is 2.11. The Morgan fingerprint density at radius 3 is 2.46 bits per heavy atom. The van der Waals surface area contributed by atoms with Gasteiger partial charge in [0.15, 0.2) is 10.9 Å². The number of piperazine rings is 1. The fourth-order valence-electron chi connectivity index (χ4n) is 2.66. The summed E-state index contributed by atoms with van der Waals surface area (Å²) in [6.45, 7) is 5.36. The van der Waals surface area contributed by atoms with Crippen LogP contribution in [0.3, 0.4) is 0 Å². The number of Topliss-reactive ketones (excluding diaryl/α,β-unsaturated/α-hetero) is 1. The number of rotatable bonds is 5. The third-order valence-electron chi connectivity index (χ3n) is 4.00. The second kappa shape index (κ2) is 7.55. The smallest absolute Gasteiger partial charge is 0.238 e. The molecule has 1 aromatic carbocycles. The lowest BCUT2D eigenvalue weighted by molar-refractivity contribution is -0.117. The molecule has 1 aliphatic heterocycles. The van der Waals surface area contributed by atoms with Crippen molar-refractivity contribution in [3.05, 3.63) is 41.4 Å². The van der Waals surface area contributed by atoms with Gasteiger partial charge in [0, 0.05) is 49.0 Å². The Balaban J connectivity index is 1.46. The van der Waals surface area contributed by atoms with Gasteiger partial charge in [-0.25, -0.2) is 4.98 Å². The van der Waals surface area contributed by atoms with Crippen molar-refractivity contribution in [3.8, 4) is 0 Å². The molecule has 1 aliphatic rings. The highest BCUT2D eigenvalue weighted by atomic mass is 32.1. The van der Waals surface area contributed by atoms with Crippen molar-refractivity contribution >= 4 is 33.8 Å².